The summed E-state index contributed by atoms with van der Waals surface area (Å²) in [6.45, 7) is 6.38. The van der Waals surface area contributed by atoms with Crippen molar-refractivity contribution in [3.8, 4) is 11.5 Å². The molecule has 3 rings (SSSR count). The largest absolute Gasteiger partial charge is 0.493 e. The van der Waals surface area contributed by atoms with Crippen LogP contribution >= 0.6 is 11.8 Å². The molecule has 6 heteroatoms. The number of fused-ring (bicyclic) bond motifs is 1. The van der Waals surface area contributed by atoms with Crippen LogP contribution in [0.5, 0.6) is 11.5 Å². The predicted octanol–water partition coefficient (Wildman–Crippen LogP) is 3.71. The van der Waals surface area contributed by atoms with Crippen molar-refractivity contribution in [2.75, 3.05) is 31.7 Å². The summed E-state index contributed by atoms with van der Waals surface area (Å²) >= 11 is 1.86. The van der Waals surface area contributed by atoms with Crippen LogP contribution in [0.25, 0.3) is 0 Å². The monoisotopic (exact) mass is 386 g/mol. The highest BCUT2D eigenvalue weighted by Gasteiger charge is 2.23. The molecule has 1 amide bonds. The molecular formula is C21H26N2O3S. The summed E-state index contributed by atoms with van der Waals surface area (Å²) in [5.74, 6) is 1.41. The fraction of sp³-hybridized carbons (Fsp3) is 0.381. The zero-order valence-electron chi connectivity index (χ0n) is 16.0. The minimum absolute atomic E-state index is 0.0117. The molecule has 0 spiro atoms. The Morgan fingerprint density at radius 1 is 1.26 bits per heavy atom. The summed E-state index contributed by atoms with van der Waals surface area (Å²) < 4.78 is 10.9. The van der Waals surface area contributed by atoms with Crippen molar-refractivity contribution in [2.45, 2.75) is 30.5 Å². The molecule has 0 bridgehead atoms. The Labute approximate surface area is 165 Å². The van der Waals surface area contributed by atoms with Gasteiger partial charge in [-0.3, -0.25) is 4.79 Å². The van der Waals surface area contributed by atoms with Gasteiger partial charge in [0.25, 0.3) is 0 Å². The van der Waals surface area contributed by atoms with E-state index in [1.165, 1.54) is 4.90 Å². The van der Waals surface area contributed by atoms with Crippen molar-refractivity contribution in [3.63, 3.8) is 0 Å². The zero-order chi connectivity index (χ0) is 19.2. The normalized spacial score (nSPS) is 15.8. The van der Waals surface area contributed by atoms with Crippen molar-refractivity contribution in [1.29, 1.82) is 0 Å². The maximum absolute atomic E-state index is 12.5. The number of carbonyl (C=O) groups is 1. The molecule has 1 aliphatic rings. The Kier molecular flexibility index (Phi) is 6.50. The summed E-state index contributed by atoms with van der Waals surface area (Å²) in [5, 5.41) is 3.48. The molecule has 2 aromatic carbocycles. The van der Waals surface area contributed by atoms with E-state index in [1.807, 2.05) is 49.0 Å². The van der Waals surface area contributed by atoms with Gasteiger partial charge in [0.05, 0.1) is 25.9 Å². The number of nitrogens with zero attached hydrogens (tertiary/aromatic N) is 1. The quantitative estimate of drug-likeness (QED) is 0.786. The second kappa shape index (κ2) is 9.04. The lowest BCUT2D eigenvalue weighted by Crippen LogP contribution is -2.41. The molecule has 1 heterocycles. The van der Waals surface area contributed by atoms with Crippen LogP contribution < -0.4 is 19.7 Å². The van der Waals surface area contributed by atoms with E-state index in [1.54, 1.807) is 7.11 Å². The van der Waals surface area contributed by atoms with Gasteiger partial charge in [-0.05, 0) is 36.8 Å². The first-order valence-electron chi connectivity index (χ1n) is 9.17. The molecule has 0 saturated carbocycles. The first-order chi connectivity index (χ1) is 13.1. The number of para-hydroxylation sites is 1. The van der Waals surface area contributed by atoms with Crippen molar-refractivity contribution >= 4 is 23.4 Å². The van der Waals surface area contributed by atoms with E-state index < -0.39 is 0 Å². The van der Waals surface area contributed by atoms with Gasteiger partial charge in [-0.25, -0.2) is 0 Å². The Morgan fingerprint density at radius 3 is 2.85 bits per heavy atom. The average Bonchev–Trinajstić information content (AvgIpc) is 2.66. The number of hydrogen-bond donors (Lipinski definition) is 1. The smallest absolute Gasteiger partial charge is 0.239 e. The maximum Gasteiger partial charge on any atom is 0.239 e. The molecule has 0 saturated heterocycles. The van der Waals surface area contributed by atoms with E-state index in [2.05, 4.69) is 29.3 Å². The second-order valence-corrected chi connectivity index (χ2v) is 7.95. The van der Waals surface area contributed by atoms with Crippen molar-refractivity contribution in [1.82, 2.24) is 5.32 Å². The fourth-order valence-corrected chi connectivity index (χ4v) is 4.32. The molecule has 1 aliphatic heterocycles. The van der Waals surface area contributed by atoms with Crippen molar-refractivity contribution in [2.24, 2.45) is 0 Å². The van der Waals surface area contributed by atoms with Gasteiger partial charge < -0.3 is 19.7 Å². The van der Waals surface area contributed by atoms with Crippen LogP contribution in [0.15, 0.2) is 47.4 Å². The number of nitrogens with one attached hydrogen (secondary N) is 1. The lowest BCUT2D eigenvalue weighted by atomic mass is 10.2. The molecule has 0 radical (unpaired) electrons. The van der Waals surface area contributed by atoms with E-state index in [4.69, 9.17) is 9.47 Å². The first kappa shape index (κ1) is 19.4. The van der Waals surface area contributed by atoms with Crippen LogP contribution in [0.1, 0.15) is 19.4 Å². The van der Waals surface area contributed by atoms with Crippen LogP contribution in [-0.2, 0) is 11.3 Å². The highest BCUT2D eigenvalue weighted by Crippen LogP contribution is 2.37. The number of methoxy groups -OCH3 is 1. The number of hydrogen-bond acceptors (Lipinski definition) is 5. The highest BCUT2D eigenvalue weighted by atomic mass is 32.2. The molecule has 0 aromatic heterocycles. The lowest BCUT2D eigenvalue weighted by molar-refractivity contribution is -0.119. The van der Waals surface area contributed by atoms with Crippen LogP contribution in [0.4, 0.5) is 5.69 Å². The van der Waals surface area contributed by atoms with Crippen LogP contribution in [-0.4, -0.2) is 38.0 Å². The minimum atomic E-state index is 0.0117. The molecule has 5 nitrogen and oxygen atoms in total. The molecule has 2 aromatic rings. The summed E-state index contributed by atoms with van der Waals surface area (Å²) in [6.07, 6.45) is 0. The van der Waals surface area contributed by atoms with E-state index in [9.17, 15) is 4.79 Å². The summed E-state index contributed by atoms with van der Waals surface area (Å²) in [6, 6.07) is 14.0. The number of benzene rings is 2. The van der Waals surface area contributed by atoms with Crippen LogP contribution in [0.2, 0.25) is 0 Å². The summed E-state index contributed by atoms with van der Waals surface area (Å²) in [4.78, 5) is 15.9. The van der Waals surface area contributed by atoms with E-state index in [0.29, 0.717) is 36.4 Å². The third-order valence-electron chi connectivity index (χ3n) is 4.36. The molecule has 144 valence electrons. The number of thioether (sulfide) groups is 1. The predicted molar refractivity (Wildman–Crippen MR) is 110 cm³/mol. The third-order valence-corrected chi connectivity index (χ3v) is 5.51. The number of anilines is 1. The molecule has 0 aliphatic carbocycles. The summed E-state index contributed by atoms with van der Waals surface area (Å²) in [5.41, 5.74) is 2.12. The summed E-state index contributed by atoms with van der Waals surface area (Å²) in [7, 11) is 1.62. The number of carbonyl (C=O) groups excluding carboxylic acids is 1. The number of rotatable bonds is 7. The van der Waals surface area contributed by atoms with Gasteiger partial charge in [0.2, 0.25) is 5.91 Å². The lowest BCUT2D eigenvalue weighted by Gasteiger charge is -2.33. The average molecular weight is 387 g/mol. The van der Waals surface area contributed by atoms with Gasteiger partial charge in [-0.15, -0.1) is 11.8 Å². The number of ether oxygens (including phenoxy) is 2. The van der Waals surface area contributed by atoms with Gasteiger partial charge in [-0.1, -0.05) is 25.1 Å². The van der Waals surface area contributed by atoms with Crippen LogP contribution in [0.3, 0.4) is 0 Å². The standard InChI is InChI=1S/C21H26N2O3S/c1-4-26-19-11-16(9-10-18(19)25-3)12-22-21(24)14-23-13-15(2)27-20-8-6-5-7-17(20)23/h5-11,15H,4,12-14H2,1-3H3,(H,22,24)/t15-/m0/s1. The Bertz CT molecular complexity index is 797. The third kappa shape index (κ3) is 4.89. The minimum Gasteiger partial charge on any atom is -0.493 e. The zero-order valence-corrected chi connectivity index (χ0v) is 16.8. The van der Waals surface area contributed by atoms with E-state index in [0.717, 1.165) is 17.8 Å². The molecule has 1 atom stereocenters. The SMILES string of the molecule is CCOc1cc(CNC(=O)CN2C[C@H](C)Sc3ccccc32)ccc1OC. The highest BCUT2D eigenvalue weighted by molar-refractivity contribution is 8.00. The molecule has 1 N–H and O–H groups in total. The van der Waals surface area contributed by atoms with Crippen molar-refractivity contribution in [3.05, 3.63) is 48.0 Å². The second-order valence-electron chi connectivity index (χ2n) is 6.47. The first-order valence-corrected chi connectivity index (χ1v) is 10.1. The Morgan fingerprint density at radius 2 is 2.07 bits per heavy atom. The fourth-order valence-electron chi connectivity index (χ4n) is 3.16. The topological polar surface area (TPSA) is 50.8 Å². The molecule has 0 fully saturated rings. The van der Waals surface area contributed by atoms with E-state index in [-0.39, 0.29) is 5.91 Å². The van der Waals surface area contributed by atoms with Crippen LogP contribution in [0, 0.1) is 0 Å². The molecule has 27 heavy (non-hydrogen) atoms. The van der Waals surface area contributed by atoms with Crippen molar-refractivity contribution < 1.29 is 14.3 Å². The van der Waals surface area contributed by atoms with Gasteiger partial charge >= 0.3 is 0 Å². The van der Waals surface area contributed by atoms with E-state index >= 15 is 0 Å². The molecule has 0 unspecified atom stereocenters. The van der Waals surface area contributed by atoms with Gasteiger partial charge in [0, 0.05) is 23.2 Å². The Balaban J connectivity index is 1.61. The Hall–Kier alpha value is -2.34. The number of amides is 1. The molecular weight excluding hydrogens is 360 g/mol. The maximum atomic E-state index is 12.5. The van der Waals surface area contributed by atoms with Gasteiger partial charge in [-0.2, -0.15) is 0 Å². The van der Waals surface area contributed by atoms with Gasteiger partial charge in [0.15, 0.2) is 11.5 Å². The van der Waals surface area contributed by atoms with Gasteiger partial charge in [0.1, 0.15) is 0 Å².